The van der Waals surface area contributed by atoms with Crippen molar-refractivity contribution >= 4 is 19.8 Å². The second-order valence-corrected chi connectivity index (χ2v) is 20.6. The first-order chi connectivity index (χ1) is 33.0. The average Bonchev–Trinajstić information content (AvgIpc) is 3.30. The number of nitrogens with zero attached hydrogens (tertiary/aromatic N) is 1. The van der Waals surface area contributed by atoms with E-state index in [2.05, 4.69) is 98.9 Å². The standard InChI is InChI=1S/C58H102NO8P/c1-6-8-10-12-14-16-18-20-22-24-26-28-29-31-32-34-36-38-40-42-44-46-48-50-57(60)64-54-56(55-66-68(62,63)65-53-52-59(3,4)5)67-58(61)51-49-47-45-43-41-39-37-35-33-30-27-25-23-21-19-17-15-13-11-9-7-2/h9,11,15,17-18,20-21,23-24,26-27,30,35,37,56H,6-8,10,12-14,16,19,22,25,28-29,31-34,36,38-55H2,1-5H3/b11-9-,17-15-,20-18-,23-21-,26-24-,30-27-,37-35-. The molecular weight excluding hydrogens is 870 g/mol. The number of phosphoric ester groups is 1. The smallest absolute Gasteiger partial charge is 0.306 e. The highest BCUT2D eigenvalue weighted by Crippen LogP contribution is 2.38. The largest absolute Gasteiger partial charge is 0.756 e. The van der Waals surface area contributed by atoms with Crippen molar-refractivity contribution < 1.29 is 42.1 Å². The minimum Gasteiger partial charge on any atom is -0.756 e. The van der Waals surface area contributed by atoms with E-state index in [4.69, 9.17) is 18.5 Å². The lowest BCUT2D eigenvalue weighted by Gasteiger charge is -2.28. The highest BCUT2D eigenvalue weighted by atomic mass is 31.2. The average molecular weight is 972 g/mol. The summed E-state index contributed by atoms with van der Waals surface area (Å²) in [6, 6.07) is 0. The maximum absolute atomic E-state index is 12.8. The lowest BCUT2D eigenvalue weighted by molar-refractivity contribution is -0.870. The first-order valence-corrected chi connectivity index (χ1v) is 28.8. The first-order valence-electron chi connectivity index (χ1n) is 27.3. The third-order valence-corrected chi connectivity index (χ3v) is 12.4. The third-order valence-electron chi connectivity index (χ3n) is 11.4. The Kier molecular flexibility index (Phi) is 47.2. The molecule has 2 unspecified atom stereocenters. The summed E-state index contributed by atoms with van der Waals surface area (Å²) in [4.78, 5) is 37.8. The van der Waals surface area contributed by atoms with Crippen LogP contribution in [0.5, 0.6) is 0 Å². The number of rotatable bonds is 49. The Morgan fingerprint density at radius 2 is 0.838 bits per heavy atom. The number of phosphoric acid groups is 1. The Labute approximate surface area is 418 Å². The molecule has 0 spiro atoms. The number of allylic oxidation sites excluding steroid dienone is 14. The zero-order valence-electron chi connectivity index (χ0n) is 44.3. The number of quaternary nitrogens is 1. The van der Waals surface area contributed by atoms with Crippen LogP contribution in [-0.4, -0.2) is 70.0 Å². The Bertz CT molecular complexity index is 1420. The highest BCUT2D eigenvalue weighted by molar-refractivity contribution is 7.45. The van der Waals surface area contributed by atoms with Crippen LogP contribution >= 0.6 is 7.82 Å². The van der Waals surface area contributed by atoms with Gasteiger partial charge in [0.2, 0.25) is 0 Å². The van der Waals surface area contributed by atoms with Crippen LogP contribution in [0.3, 0.4) is 0 Å². The summed E-state index contributed by atoms with van der Waals surface area (Å²) in [6.07, 6.45) is 64.7. The summed E-state index contributed by atoms with van der Waals surface area (Å²) in [5, 5.41) is 0. The number of carbonyl (C=O) groups excluding carboxylic acids is 2. The lowest BCUT2D eigenvalue weighted by atomic mass is 10.0. The van der Waals surface area contributed by atoms with Gasteiger partial charge in [0.05, 0.1) is 27.7 Å². The van der Waals surface area contributed by atoms with E-state index < -0.39 is 32.5 Å². The SMILES string of the molecule is CC/C=C\C/C=C\C/C=C\C/C=C\C/C=C\CCCCCCCC(=O)OC(COC(=O)CCCCCCCCCCCCC/C=C\C/C=C\CCCCCCC)COP(=O)([O-])OCC[N+](C)(C)C. The van der Waals surface area contributed by atoms with Crippen LogP contribution in [0.2, 0.25) is 0 Å². The van der Waals surface area contributed by atoms with Gasteiger partial charge in [0.25, 0.3) is 7.82 Å². The van der Waals surface area contributed by atoms with Crippen molar-refractivity contribution in [2.24, 2.45) is 0 Å². The van der Waals surface area contributed by atoms with Gasteiger partial charge in [-0.25, -0.2) is 0 Å². The molecule has 392 valence electrons. The summed E-state index contributed by atoms with van der Waals surface area (Å²) in [7, 11) is 1.14. The van der Waals surface area contributed by atoms with Gasteiger partial charge in [-0.3, -0.25) is 14.2 Å². The molecule has 0 radical (unpaired) electrons. The number of esters is 2. The van der Waals surface area contributed by atoms with E-state index in [9.17, 15) is 19.0 Å². The molecule has 0 fully saturated rings. The van der Waals surface area contributed by atoms with Crippen LogP contribution in [0.15, 0.2) is 85.1 Å². The maximum atomic E-state index is 12.8. The molecule has 0 aliphatic rings. The summed E-state index contributed by atoms with van der Waals surface area (Å²) in [6.45, 7) is 4.09. The molecule has 0 amide bonds. The van der Waals surface area contributed by atoms with Gasteiger partial charge in [0.15, 0.2) is 6.10 Å². The van der Waals surface area contributed by atoms with Crippen molar-refractivity contribution in [3.63, 3.8) is 0 Å². The molecule has 0 aliphatic carbocycles. The van der Waals surface area contributed by atoms with E-state index in [-0.39, 0.29) is 26.1 Å². The van der Waals surface area contributed by atoms with Gasteiger partial charge in [0, 0.05) is 12.8 Å². The third kappa shape index (κ3) is 52.6. The molecule has 0 aromatic heterocycles. The molecule has 0 saturated heterocycles. The molecule has 0 aromatic rings. The Hall–Kier alpha value is -2.81. The van der Waals surface area contributed by atoms with Crippen molar-refractivity contribution in [3.05, 3.63) is 85.1 Å². The zero-order chi connectivity index (χ0) is 49.9. The van der Waals surface area contributed by atoms with Gasteiger partial charge >= 0.3 is 11.9 Å². The Morgan fingerprint density at radius 1 is 0.471 bits per heavy atom. The quantitative estimate of drug-likeness (QED) is 0.0195. The van der Waals surface area contributed by atoms with E-state index >= 15 is 0 Å². The zero-order valence-corrected chi connectivity index (χ0v) is 45.2. The predicted molar refractivity (Wildman–Crippen MR) is 286 cm³/mol. The number of hydrogen-bond donors (Lipinski definition) is 0. The molecule has 0 bridgehead atoms. The van der Waals surface area contributed by atoms with Crippen LogP contribution in [0.1, 0.15) is 219 Å². The Morgan fingerprint density at radius 3 is 1.25 bits per heavy atom. The molecule has 0 N–H and O–H groups in total. The van der Waals surface area contributed by atoms with E-state index in [0.717, 1.165) is 89.9 Å². The van der Waals surface area contributed by atoms with Gasteiger partial charge in [-0.15, -0.1) is 0 Å². The topological polar surface area (TPSA) is 111 Å². The number of ether oxygens (including phenoxy) is 2. The van der Waals surface area contributed by atoms with Gasteiger partial charge < -0.3 is 27.9 Å². The Balaban J connectivity index is 4.26. The molecule has 2 atom stereocenters. The van der Waals surface area contributed by atoms with Crippen molar-refractivity contribution in [1.82, 2.24) is 0 Å². The number of likely N-dealkylation sites (N-methyl/N-ethyl adjacent to an activating group) is 1. The number of carbonyl (C=O) groups is 2. The molecule has 0 saturated carbocycles. The molecular formula is C58H102NO8P. The monoisotopic (exact) mass is 972 g/mol. The van der Waals surface area contributed by atoms with Gasteiger partial charge in [0.1, 0.15) is 19.8 Å². The molecule has 0 aromatic carbocycles. The second kappa shape index (κ2) is 49.2. The van der Waals surface area contributed by atoms with Crippen LogP contribution < -0.4 is 4.89 Å². The molecule has 68 heavy (non-hydrogen) atoms. The summed E-state index contributed by atoms with van der Waals surface area (Å²) >= 11 is 0. The van der Waals surface area contributed by atoms with Crippen LogP contribution in [0.25, 0.3) is 0 Å². The van der Waals surface area contributed by atoms with Crippen LogP contribution in [-0.2, 0) is 32.7 Å². The minimum absolute atomic E-state index is 0.0393. The van der Waals surface area contributed by atoms with Crippen LogP contribution in [0, 0.1) is 0 Å². The summed E-state index contributed by atoms with van der Waals surface area (Å²) in [5.74, 6) is -0.860. The van der Waals surface area contributed by atoms with E-state index in [0.29, 0.717) is 17.4 Å². The molecule has 0 heterocycles. The van der Waals surface area contributed by atoms with Crippen molar-refractivity contribution in [2.45, 2.75) is 225 Å². The van der Waals surface area contributed by atoms with Crippen molar-refractivity contribution in [1.29, 1.82) is 0 Å². The maximum Gasteiger partial charge on any atom is 0.306 e. The molecule has 0 rings (SSSR count). The lowest BCUT2D eigenvalue weighted by Crippen LogP contribution is -2.37. The van der Waals surface area contributed by atoms with E-state index in [1.807, 2.05) is 21.1 Å². The van der Waals surface area contributed by atoms with Crippen LogP contribution in [0.4, 0.5) is 0 Å². The molecule has 0 aliphatic heterocycles. The van der Waals surface area contributed by atoms with E-state index in [1.165, 1.54) is 96.3 Å². The van der Waals surface area contributed by atoms with Crippen molar-refractivity contribution in [3.8, 4) is 0 Å². The summed E-state index contributed by atoms with van der Waals surface area (Å²) < 4.78 is 34.1. The first kappa shape index (κ1) is 65.2. The number of hydrogen-bond acceptors (Lipinski definition) is 8. The molecule has 9 nitrogen and oxygen atoms in total. The number of unbranched alkanes of at least 4 members (excludes halogenated alkanes) is 21. The van der Waals surface area contributed by atoms with Gasteiger partial charge in [-0.2, -0.15) is 0 Å². The normalized spacial score (nSPS) is 14.0. The minimum atomic E-state index is -4.64. The van der Waals surface area contributed by atoms with Crippen molar-refractivity contribution in [2.75, 3.05) is 47.5 Å². The second-order valence-electron chi connectivity index (χ2n) is 19.2. The fourth-order valence-electron chi connectivity index (χ4n) is 7.18. The van der Waals surface area contributed by atoms with Gasteiger partial charge in [-0.1, -0.05) is 202 Å². The predicted octanol–water partition coefficient (Wildman–Crippen LogP) is 16.1. The highest BCUT2D eigenvalue weighted by Gasteiger charge is 2.21. The van der Waals surface area contributed by atoms with Gasteiger partial charge in [-0.05, 0) is 89.9 Å². The molecule has 10 heteroatoms. The fraction of sp³-hybridized carbons (Fsp3) is 0.724. The fourth-order valence-corrected chi connectivity index (χ4v) is 7.91. The van der Waals surface area contributed by atoms with E-state index in [1.54, 1.807) is 0 Å². The summed E-state index contributed by atoms with van der Waals surface area (Å²) in [5.41, 5.74) is 0.